The number of likely N-dealkylation sites (tertiary alicyclic amines) is 1. The van der Waals surface area contributed by atoms with Crippen LogP contribution in [0, 0.1) is 0 Å². The van der Waals surface area contributed by atoms with Crippen molar-refractivity contribution in [3.63, 3.8) is 0 Å². The minimum Gasteiger partial charge on any atom is -0.497 e. The smallest absolute Gasteiger partial charge is 0.119 e. The molecule has 1 fully saturated rings. The zero-order valence-corrected chi connectivity index (χ0v) is 13.6. The van der Waals surface area contributed by atoms with Crippen LogP contribution in [-0.2, 0) is 6.42 Å². The van der Waals surface area contributed by atoms with E-state index in [0.29, 0.717) is 18.1 Å². The number of methoxy groups -OCH3 is 1. The van der Waals surface area contributed by atoms with Gasteiger partial charge in [0.15, 0.2) is 0 Å². The van der Waals surface area contributed by atoms with E-state index in [1.807, 2.05) is 0 Å². The Kier molecular flexibility index (Phi) is 4.51. The van der Waals surface area contributed by atoms with E-state index in [4.69, 9.17) is 4.74 Å². The fraction of sp³-hybridized carbons (Fsp3) is 0.667. The maximum atomic E-state index is 5.42. The summed E-state index contributed by atoms with van der Waals surface area (Å²) in [5.74, 6) is 0.985. The topological polar surface area (TPSA) is 24.5 Å². The lowest BCUT2D eigenvalue weighted by molar-refractivity contribution is 0.160. The van der Waals surface area contributed by atoms with Crippen molar-refractivity contribution in [2.45, 2.75) is 57.2 Å². The van der Waals surface area contributed by atoms with E-state index >= 15 is 0 Å². The van der Waals surface area contributed by atoms with Crippen molar-refractivity contribution in [3.05, 3.63) is 29.3 Å². The van der Waals surface area contributed by atoms with Crippen molar-refractivity contribution in [2.24, 2.45) is 0 Å². The van der Waals surface area contributed by atoms with Gasteiger partial charge in [-0.25, -0.2) is 0 Å². The highest BCUT2D eigenvalue weighted by atomic mass is 16.5. The standard InChI is InChI=1S/C18H28N2O/c1-13-11-15(9-10-20(13)2)19-18-6-4-5-14-7-8-16(21-3)12-17(14)18/h7-8,12-13,15,18-19H,4-6,9-11H2,1-3H3. The maximum Gasteiger partial charge on any atom is 0.119 e. The number of benzene rings is 1. The summed E-state index contributed by atoms with van der Waals surface area (Å²) in [5, 5.41) is 3.93. The molecule has 3 atom stereocenters. The van der Waals surface area contributed by atoms with Gasteiger partial charge in [0.05, 0.1) is 7.11 Å². The van der Waals surface area contributed by atoms with Gasteiger partial charge >= 0.3 is 0 Å². The fourth-order valence-electron chi connectivity index (χ4n) is 3.80. The van der Waals surface area contributed by atoms with Gasteiger partial charge in [-0.15, -0.1) is 0 Å². The highest BCUT2D eigenvalue weighted by Gasteiger charge is 2.27. The molecule has 21 heavy (non-hydrogen) atoms. The third-order valence-corrected chi connectivity index (χ3v) is 5.31. The van der Waals surface area contributed by atoms with Crippen LogP contribution in [0.15, 0.2) is 18.2 Å². The lowest BCUT2D eigenvalue weighted by Gasteiger charge is -2.38. The van der Waals surface area contributed by atoms with Crippen LogP contribution in [-0.4, -0.2) is 37.7 Å². The third kappa shape index (κ3) is 3.24. The number of hydrogen-bond acceptors (Lipinski definition) is 3. The summed E-state index contributed by atoms with van der Waals surface area (Å²) < 4.78 is 5.42. The Morgan fingerprint density at radius 3 is 2.90 bits per heavy atom. The van der Waals surface area contributed by atoms with Crippen LogP contribution in [0.3, 0.4) is 0 Å². The summed E-state index contributed by atoms with van der Waals surface area (Å²) in [6, 6.07) is 8.43. The van der Waals surface area contributed by atoms with Crippen molar-refractivity contribution < 1.29 is 4.74 Å². The molecule has 1 aromatic carbocycles. The van der Waals surface area contributed by atoms with Crippen LogP contribution in [0.5, 0.6) is 5.75 Å². The predicted octanol–water partition coefficient (Wildman–Crippen LogP) is 3.14. The summed E-state index contributed by atoms with van der Waals surface area (Å²) in [6.07, 6.45) is 6.27. The van der Waals surface area contributed by atoms with Gasteiger partial charge in [0.2, 0.25) is 0 Å². The molecule has 0 saturated carbocycles. The van der Waals surface area contributed by atoms with Crippen molar-refractivity contribution in [2.75, 3.05) is 20.7 Å². The molecule has 0 spiro atoms. The molecule has 1 N–H and O–H groups in total. The zero-order valence-electron chi connectivity index (χ0n) is 13.6. The Morgan fingerprint density at radius 1 is 1.29 bits per heavy atom. The number of fused-ring (bicyclic) bond motifs is 1. The quantitative estimate of drug-likeness (QED) is 0.925. The first kappa shape index (κ1) is 14.9. The summed E-state index contributed by atoms with van der Waals surface area (Å²) in [6.45, 7) is 3.54. The first-order valence-corrected chi connectivity index (χ1v) is 8.30. The molecule has 0 amide bonds. The molecule has 3 unspecified atom stereocenters. The molecule has 3 rings (SSSR count). The average molecular weight is 288 g/mol. The summed E-state index contributed by atoms with van der Waals surface area (Å²) in [5.41, 5.74) is 2.97. The van der Waals surface area contributed by atoms with Crippen LogP contribution in [0.4, 0.5) is 0 Å². The van der Waals surface area contributed by atoms with Crippen molar-refractivity contribution in [1.82, 2.24) is 10.2 Å². The zero-order chi connectivity index (χ0) is 14.8. The molecule has 1 aromatic rings. The van der Waals surface area contributed by atoms with E-state index in [1.54, 1.807) is 7.11 Å². The largest absolute Gasteiger partial charge is 0.497 e. The fourth-order valence-corrected chi connectivity index (χ4v) is 3.80. The lowest BCUT2D eigenvalue weighted by Crippen LogP contribution is -2.46. The van der Waals surface area contributed by atoms with E-state index in [9.17, 15) is 0 Å². The number of hydrogen-bond donors (Lipinski definition) is 1. The second-order valence-electron chi connectivity index (χ2n) is 6.73. The second kappa shape index (κ2) is 6.37. The normalized spacial score (nSPS) is 30.0. The molecule has 2 aliphatic rings. The molecule has 1 heterocycles. The molecule has 0 aromatic heterocycles. The van der Waals surface area contributed by atoms with Crippen LogP contribution < -0.4 is 10.1 Å². The number of nitrogens with zero attached hydrogens (tertiary/aromatic N) is 1. The molecule has 1 saturated heterocycles. The van der Waals surface area contributed by atoms with Gasteiger partial charge in [-0.05, 0) is 75.9 Å². The van der Waals surface area contributed by atoms with E-state index < -0.39 is 0 Å². The van der Waals surface area contributed by atoms with Gasteiger partial charge in [0.1, 0.15) is 5.75 Å². The average Bonchev–Trinajstić information content (AvgIpc) is 2.51. The van der Waals surface area contributed by atoms with Gasteiger partial charge < -0.3 is 15.0 Å². The Bertz CT molecular complexity index is 488. The molecule has 3 heteroatoms. The maximum absolute atomic E-state index is 5.42. The minimum absolute atomic E-state index is 0.504. The molecule has 1 aliphatic carbocycles. The second-order valence-corrected chi connectivity index (χ2v) is 6.73. The SMILES string of the molecule is COc1ccc2c(c1)C(NC1CCN(C)C(C)C1)CCC2. The van der Waals surface area contributed by atoms with Gasteiger partial charge in [0, 0.05) is 18.1 Å². The number of piperidine rings is 1. The number of ether oxygens (including phenoxy) is 1. The number of rotatable bonds is 3. The van der Waals surface area contributed by atoms with Crippen LogP contribution in [0.1, 0.15) is 49.8 Å². The lowest BCUT2D eigenvalue weighted by atomic mass is 9.86. The van der Waals surface area contributed by atoms with Crippen molar-refractivity contribution in [1.29, 1.82) is 0 Å². The van der Waals surface area contributed by atoms with Gasteiger partial charge in [0.25, 0.3) is 0 Å². The highest BCUT2D eigenvalue weighted by molar-refractivity contribution is 5.39. The van der Waals surface area contributed by atoms with E-state index in [2.05, 4.69) is 42.4 Å². The minimum atomic E-state index is 0.504. The number of nitrogens with one attached hydrogen (secondary N) is 1. The summed E-state index contributed by atoms with van der Waals surface area (Å²) in [7, 11) is 3.99. The van der Waals surface area contributed by atoms with Crippen LogP contribution in [0.25, 0.3) is 0 Å². The Morgan fingerprint density at radius 2 is 2.14 bits per heavy atom. The van der Waals surface area contributed by atoms with Gasteiger partial charge in [-0.2, -0.15) is 0 Å². The monoisotopic (exact) mass is 288 g/mol. The van der Waals surface area contributed by atoms with E-state index in [0.717, 1.165) is 5.75 Å². The molecule has 116 valence electrons. The summed E-state index contributed by atoms with van der Waals surface area (Å²) >= 11 is 0. The third-order valence-electron chi connectivity index (χ3n) is 5.31. The van der Waals surface area contributed by atoms with E-state index in [-0.39, 0.29) is 0 Å². The first-order chi connectivity index (χ1) is 10.2. The summed E-state index contributed by atoms with van der Waals surface area (Å²) in [4.78, 5) is 2.47. The van der Waals surface area contributed by atoms with E-state index in [1.165, 1.54) is 49.8 Å². The highest BCUT2D eigenvalue weighted by Crippen LogP contribution is 2.33. The Balaban J connectivity index is 1.73. The van der Waals surface area contributed by atoms with Gasteiger partial charge in [-0.1, -0.05) is 6.07 Å². The van der Waals surface area contributed by atoms with Gasteiger partial charge in [-0.3, -0.25) is 0 Å². The molecule has 0 radical (unpaired) electrons. The Hall–Kier alpha value is -1.06. The predicted molar refractivity (Wildman–Crippen MR) is 86.9 cm³/mol. The van der Waals surface area contributed by atoms with Crippen molar-refractivity contribution >= 4 is 0 Å². The molecular formula is C18H28N2O. The number of aryl methyl sites for hydroxylation is 1. The molecule has 3 nitrogen and oxygen atoms in total. The van der Waals surface area contributed by atoms with Crippen LogP contribution in [0.2, 0.25) is 0 Å². The first-order valence-electron chi connectivity index (χ1n) is 8.30. The van der Waals surface area contributed by atoms with Crippen LogP contribution >= 0.6 is 0 Å². The molecule has 0 bridgehead atoms. The molecular weight excluding hydrogens is 260 g/mol. The Labute approximate surface area is 128 Å². The molecule has 1 aliphatic heterocycles. The van der Waals surface area contributed by atoms with Crippen molar-refractivity contribution in [3.8, 4) is 5.75 Å².